The van der Waals surface area contributed by atoms with Crippen molar-refractivity contribution in [3.63, 3.8) is 0 Å². The van der Waals surface area contributed by atoms with Crippen molar-refractivity contribution in [1.29, 1.82) is 0 Å². The Balaban J connectivity index is 3.99. The molecule has 0 aliphatic carbocycles. The van der Waals surface area contributed by atoms with Gasteiger partial charge in [-0.2, -0.15) is 0 Å². The fraction of sp³-hybridized carbons (Fsp3) is 0.909. The summed E-state index contributed by atoms with van der Waals surface area (Å²) in [6.45, 7) is 8.31. The van der Waals surface area contributed by atoms with E-state index >= 15 is 0 Å². The molecule has 1 amide bonds. The number of ether oxygens (including phenoxy) is 1. The van der Waals surface area contributed by atoms with Crippen molar-refractivity contribution < 1.29 is 13.7 Å². The minimum atomic E-state index is -0.440. The van der Waals surface area contributed by atoms with Crippen LogP contribution in [0.25, 0.3) is 0 Å². The first-order valence-corrected chi connectivity index (χ1v) is 8.96. The Morgan fingerprint density at radius 2 is 2.06 bits per heavy atom. The average molecular weight is 375 g/mol. The second-order valence-corrected chi connectivity index (χ2v) is 6.28. The van der Waals surface area contributed by atoms with Crippen LogP contribution >= 0.6 is 30.4 Å². The molecule has 0 saturated heterocycles. The summed E-state index contributed by atoms with van der Waals surface area (Å²) in [6, 6.07) is 0. The van der Waals surface area contributed by atoms with E-state index in [4.69, 9.17) is 8.92 Å². The molecule has 0 N–H and O–H groups in total. The van der Waals surface area contributed by atoms with Gasteiger partial charge >= 0.3 is 6.09 Å². The third kappa shape index (κ3) is 8.96. The van der Waals surface area contributed by atoms with Crippen molar-refractivity contribution in [2.24, 2.45) is 0 Å². The van der Waals surface area contributed by atoms with Gasteiger partial charge in [-0.05, 0) is 33.6 Å². The van der Waals surface area contributed by atoms with Crippen molar-refractivity contribution in [3.05, 3.63) is 0 Å². The van der Waals surface area contributed by atoms with Gasteiger partial charge in [0.05, 0.1) is 15.3 Å². The first-order valence-electron chi connectivity index (χ1n) is 5.68. The molecule has 1 unspecified atom stereocenters. The Morgan fingerprint density at radius 3 is 2.47 bits per heavy atom. The molecule has 102 valence electrons. The Kier molecular flexibility index (Phi) is 8.57. The topological polar surface area (TPSA) is 38.8 Å². The number of hydrogen-bond acceptors (Lipinski definition) is 4. The first kappa shape index (κ1) is 17.3. The number of carbonyl (C=O) groups is 1. The molecule has 0 saturated carbocycles. The van der Waals surface area contributed by atoms with Gasteiger partial charge in [0.1, 0.15) is 5.60 Å². The van der Waals surface area contributed by atoms with Crippen LogP contribution in [-0.2, 0) is 8.92 Å². The molecule has 0 rings (SSSR count). The molecule has 0 aliphatic rings. The van der Waals surface area contributed by atoms with Crippen LogP contribution in [0.2, 0.25) is 0 Å². The highest BCUT2D eigenvalue weighted by Gasteiger charge is 2.20. The maximum Gasteiger partial charge on any atom is 0.410 e. The fourth-order valence-electron chi connectivity index (χ4n) is 1.14. The van der Waals surface area contributed by atoms with Crippen LogP contribution in [0.5, 0.6) is 0 Å². The van der Waals surface area contributed by atoms with Gasteiger partial charge in [0.2, 0.25) is 0 Å². The monoisotopic (exact) mass is 375 g/mol. The normalized spacial score (nSPS) is 13.3. The third-order valence-electron chi connectivity index (χ3n) is 2.12. The minimum absolute atomic E-state index is 0.182. The van der Waals surface area contributed by atoms with Crippen LogP contribution in [-0.4, -0.2) is 36.3 Å². The summed E-state index contributed by atoms with van der Waals surface area (Å²) >= 11 is 2.10. The van der Waals surface area contributed by atoms with E-state index in [1.54, 1.807) is 11.9 Å². The molecule has 0 aliphatic heterocycles. The van der Waals surface area contributed by atoms with E-state index in [2.05, 4.69) is 28.1 Å². The van der Waals surface area contributed by atoms with Gasteiger partial charge in [0.25, 0.3) is 0 Å². The van der Waals surface area contributed by atoms with Crippen LogP contribution in [0.1, 0.15) is 40.5 Å². The summed E-state index contributed by atoms with van der Waals surface area (Å²) in [5.41, 5.74) is -0.440. The van der Waals surface area contributed by atoms with Crippen molar-refractivity contribution in [1.82, 2.24) is 4.90 Å². The number of amides is 1. The van der Waals surface area contributed by atoms with Gasteiger partial charge in [-0.15, -0.1) is 0 Å². The molecular weight excluding hydrogens is 353 g/mol. The number of nitrogens with zero attached hydrogens (tertiary/aromatic N) is 1. The average Bonchev–Trinajstić information content (AvgIpc) is 2.21. The molecular formula is C11H22INO3S. The Bertz CT molecular complexity index is 233. The number of carbonyl (C=O) groups excluding carboxylic acids is 1. The maximum atomic E-state index is 11.7. The van der Waals surface area contributed by atoms with Crippen molar-refractivity contribution in [2.45, 2.75) is 52.2 Å². The number of rotatable bonds is 6. The zero-order chi connectivity index (χ0) is 13.5. The van der Waals surface area contributed by atoms with Crippen LogP contribution in [0.3, 0.4) is 0 Å². The molecule has 6 heteroatoms. The second kappa shape index (κ2) is 8.42. The van der Waals surface area contributed by atoms with Crippen LogP contribution in [0, 0.1) is 0 Å². The second-order valence-electron chi connectivity index (χ2n) is 4.88. The summed E-state index contributed by atoms with van der Waals surface area (Å²) in [5, 5.41) is 0. The molecule has 0 radical (unpaired) electrons. The van der Waals surface area contributed by atoms with E-state index in [1.165, 1.54) is 9.21 Å². The van der Waals surface area contributed by atoms with Gasteiger partial charge in [0.15, 0.2) is 0 Å². The largest absolute Gasteiger partial charge is 0.444 e. The van der Waals surface area contributed by atoms with Crippen molar-refractivity contribution >= 4 is 36.5 Å². The van der Waals surface area contributed by atoms with E-state index in [-0.39, 0.29) is 12.2 Å². The molecule has 0 aromatic carbocycles. The quantitative estimate of drug-likeness (QED) is 0.519. The predicted molar refractivity (Wildman–Crippen MR) is 80.3 cm³/mol. The van der Waals surface area contributed by atoms with E-state index in [1.807, 2.05) is 20.8 Å². The lowest BCUT2D eigenvalue weighted by Gasteiger charge is -2.25. The van der Waals surface area contributed by atoms with Gasteiger partial charge in [0, 0.05) is 34.8 Å². The fourth-order valence-corrected chi connectivity index (χ4v) is 2.36. The predicted octanol–water partition coefficient (Wildman–Crippen LogP) is 4.04. The summed E-state index contributed by atoms with van der Waals surface area (Å²) in [7, 11) is 3.09. The number of halogens is 1. The smallest absolute Gasteiger partial charge is 0.410 e. The summed E-state index contributed by atoms with van der Waals surface area (Å²) in [4.78, 5) is 13.3. The maximum absolute atomic E-state index is 11.7. The lowest BCUT2D eigenvalue weighted by atomic mass is 10.2. The third-order valence-corrected chi connectivity index (χ3v) is 3.09. The molecule has 4 nitrogen and oxygen atoms in total. The SMILES string of the molecule is CCC(CCN(C)C(=O)OC(C)(C)C)OSI. The highest BCUT2D eigenvalue weighted by molar-refractivity contribution is 14.2. The van der Waals surface area contributed by atoms with Gasteiger partial charge < -0.3 is 13.8 Å². The molecule has 0 spiro atoms. The Labute approximate surface area is 121 Å². The Hall–Kier alpha value is 0.310. The van der Waals surface area contributed by atoms with Crippen molar-refractivity contribution in [3.8, 4) is 0 Å². The Morgan fingerprint density at radius 1 is 1.47 bits per heavy atom. The van der Waals surface area contributed by atoms with Crippen molar-refractivity contribution in [2.75, 3.05) is 13.6 Å². The van der Waals surface area contributed by atoms with Crippen LogP contribution in [0.4, 0.5) is 4.79 Å². The van der Waals surface area contributed by atoms with Crippen LogP contribution in [0.15, 0.2) is 0 Å². The van der Waals surface area contributed by atoms with E-state index < -0.39 is 5.60 Å². The standard InChI is InChI=1S/C11H22INO3S/c1-6-9(16-17-12)7-8-13(5)10(14)15-11(2,3)4/h9H,6-8H2,1-5H3. The zero-order valence-corrected chi connectivity index (χ0v) is 14.1. The lowest BCUT2D eigenvalue weighted by molar-refractivity contribution is 0.0282. The van der Waals surface area contributed by atoms with Gasteiger partial charge in [-0.3, -0.25) is 0 Å². The van der Waals surface area contributed by atoms with E-state index in [9.17, 15) is 4.79 Å². The lowest BCUT2D eigenvalue weighted by Crippen LogP contribution is -2.35. The molecule has 17 heavy (non-hydrogen) atoms. The number of hydrogen-bond donors (Lipinski definition) is 0. The molecule has 0 heterocycles. The summed E-state index contributed by atoms with van der Waals surface area (Å²) in [5.74, 6) is 0. The van der Waals surface area contributed by atoms with Crippen LogP contribution < -0.4 is 0 Å². The summed E-state index contributed by atoms with van der Waals surface area (Å²) < 4.78 is 10.7. The van der Waals surface area contributed by atoms with E-state index in [0.29, 0.717) is 6.54 Å². The molecule has 0 aromatic heterocycles. The molecule has 0 bridgehead atoms. The van der Waals surface area contributed by atoms with E-state index in [0.717, 1.165) is 12.8 Å². The van der Waals surface area contributed by atoms with Gasteiger partial charge in [-0.25, -0.2) is 4.79 Å². The molecule has 1 atom stereocenters. The first-order chi connectivity index (χ1) is 7.80. The highest BCUT2D eigenvalue weighted by atomic mass is 127. The summed E-state index contributed by atoms with van der Waals surface area (Å²) in [6.07, 6.45) is 1.66. The minimum Gasteiger partial charge on any atom is -0.444 e. The molecule has 0 fully saturated rings. The highest BCUT2D eigenvalue weighted by Crippen LogP contribution is 2.19. The molecule has 0 aromatic rings. The van der Waals surface area contributed by atoms with Gasteiger partial charge in [-0.1, -0.05) is 6.92 Å². The zero-order valence-electron chi connectivity index (χ0n) is 11.2.